The van der Waals surface area contributed by atoms with Crippen LogP contribution in [0.5, 0.6) is 0 Å². The summed E-state index contributed by atoms with van der Waals surface area (Å²) in [6.45, 7) is 3.94. The third-order valence-electron chi connectivity index (χ3n) is 3.65. The average molecular weight is 281 g/mol. The second kappa shape index (κ2) is 4.51. The number of furan rings is 1. The first-order valence-corrected chi connectivity index (χ1v) is 6.91. The van der Waals surface area contributed by atoms with Crippen LogP contribution >= 0.6 is 11.6 Å². The van der Waals surface area contributed by atoms with Crippen molar-refractivity contribution in [3.05, 3.63) is 35.0 Å². The molecule has 1 N–H and O–H groups in total. The smallest absolute Gasteiger partial charge is 0.137 e. The number of hydrogen-bond donors (Lipinski definition) is 1. The maximum atomic E-state index is 10.8. The highest BCUT2D eigenvalue weighted by atomic mass is 35.5. The number of hydrogen-bond acceptors (Lipinski definition) is 3. The van der Waals surface area contributed by atoms with Crippen molar-refractivity contribution in [3.8, 4) is 0 Å². The predicted octanol–water partition coefficient (Wildman–Crippen LogP) is 3.86. The molecule has 0 spiro atoms. The number of ether oxygens (including phenoxy) is 1. The van der Waals surface area contributed by atoms with Gasteiger partial charge in [0.15, 0.2) is 0 Å². The summed E-state index contributed by atoms with van der Waals surface area (Å²) in [4.78, 5) is 0. The van der Waals surface area contributed by atoms with Crippen LogP contribution < -0.4 is 0 Å². The van der Waals surface area contributed by atoms with Gasteiger partial charge in [0.05, 0.1) is 12.2 Å². The second-order valence-electron chi connectivity index (χ2n) is 5.49. The van der Waals surface area contributed by atoms with Gasteiger partial charge in [0, 0.05) is 23.3 Å². The van der Waals surface area contributed by atoms with Crippen molar-refractivity contribution in [2.75, 3.05) is 0 Å². The number of rotatable bonds is 1. The summed E-state index contributed by atoms with van der Waals surface area (Å²) < 4.78 is 11.5. The van der Waals surface area contributed by atoms with Crippen LogP contribution in [0.2, 0.25) is 5.02 Å². The summed E-state index contributed by atoms with van der Waals surface area (Å²) in [5.74, 6) is 0.603. The molecule has 1 aromatic carbocycles. The summed E-state index contributed by atoms with van der Waals surface area (Å²) in [7, 11) is 0. The van der Waals surface area contributed by atoms with Crippen molar-refractivity contribution in [3.63, 3.8) is 0 Å². The summed E-state index contributed by atoms with van der Waals surface area (Å²) in [6.07, 6.45) is 1.13. The molecular weight excluding hydrogens is 264 g/mol. The van der Waals surface area contributed by atoms with E-state index in [2.05, 4.69) is 0 Å². The molecule has 4 heteroatoms. The van der Waals surface area contributed by atoms with E-state index < -0.39 is 5.60 Å². The molecular formula is C15H17ClO3. The Morgan fingerprint density at radius 2 is 1.89 bits per heavy atom. The molecule has 3 rings (SSSR count). The molecule has 2 atom stereocenters. The van der Waals surface area contributed by atoms with Crippen molar-refractivity contribution >= 4 is 22.6 Å². The molecule has 0 aliphatic carbocycles. The Morgan fingerprint density at radius 3 is 2.58 bits per heavy atom. The molecule has 1 aliphatic heterocycles. The largest absolute Gasteiger partial charge is 0.458 e. The fourth-order valence-electron chi connectivity index (χ4n) is 2.97. The Hall–Kier alpha value is -1.03. The maximum absolute atomic E-state index is 10.8. The van der Waals surface area contributed by atoms with Gasteiger partial charge in [-0.15, -0.1) is 0 Å². The zero-order valence-corrected chi connectivity index (χ0v) is 11.8. The molecule has 2 unspecified atom stereocenters. The van der Waals surface area contributed by atoms with E-state index >= 15 is 0 Å². The van der Waals surface area contributed by atoms with E-state index in [9.17, 15) is 5.11 Å². The lowest BCUT2D eigenvalue weighted by molar-refractivity contribution is -0.143. The summed E-state index contributed by atoms with van der Waals surface area (Å²) in [6, 6.07) is 7.35. The van der Waals surface area contributed by atoms with Crippen molar-refractivity contribution < 1.29 is 14.3 Å². The van der Waals surface area contributed by atoms with E-state index in [0.717, 1.165) is 11.0 Å². The van der Waals surface area contributed by atoms with Crippen LogP contribution in [0.25, 0.3) is 11.0 Å². The number of fused-ring (bicyclic) bond motifs is 1. The highest BCUT2D eigenvalue weighted by molar-refractivity contribution is 6.31. The topological polar surface area (TPSA) is 42.6 Å². The van der Waals surface area contributed by atoms with Crippen LogP contribution in [-0.2, 0) is 10.3 Å². The standard InChI is InChI=1S/C15H17ClO3/c1-9-7-15(17,8-10(2)18-9)14-6-11-5-12(16)3-4-13(11)19-14/h3-6,9-10,17H,7-8H2,1-2H3. The lowest BCUT2D eigenvalue weighted by Gasteiger charge is -2.37. The quantitative estimate of drug-likeness (QED) is 0.862. The molecule has 1 saturated heterocycles. The number of benzene rings is 1. The first-order chi connectivity index (χ1) is 8.96. The maximum Gasteiger partial charge on any atom is 0.137 e. The molecule has 0 radical (unpaired) electrons. The SMILES string of the molecule is CC1CC(O)(c2cc3cc(Cl)ccc3o2)CC(C)O1. The Bertz CT molecular complexity index is 594. The van der Waals surface area contributed by atoms with Crippen LogP contribution in [0.15, 0.2) is 28.7 Å². The number of halogens is 1. The van der Waals surface area contributed by atoms with Gasteiger partial charge in [-0.2, -0.15) is 0 Å². The van der Waals surface area contributed by atoms with Gasteiger partial charge < -0.3 is 14.3 Å². The third kappa shape index (κ3) is 2.38. The predicted molar refractivity (Wildman–Crippen MR) is 74.4 cm³/mol. The number of aliphatic hydroxyl groups is 1. The zero-order chi connectivity index (χ0) is 13.6. The van der Waals surface area contributed by atoms with Crippen molar-refractivity contribution in [1.29, 1.82) is 0 Å². The minimum absolute atomic E-state index is 0.0190. The van der Waals surface area contributed by atoms with Gasteiger partial charge in [0.1, 0.15) is 16.9 Å². The summed E-state index contributed by atoms with van der Waals surface area (Å²) in [5.41, 5.74) is -0.206. The Kier molecular flexibility index (Phi) is 3.08. The molecule has 2 aromatic rings. The van der Waals surface area contributed by atoms with Gasteiger partial charge in [-0.05, 0) is 38.1 Å². The zero-order valence-electron chi connectivity index (χ0n) is 11.0. The van der Waals surface area contributed by atoms with Crippen molar-refractivity contribution in [2.24, 2.45) is 0 Å². The molecule has 1 aromatic heterocycles. The molecule has 0 bridgehead atoms. The Balaban J connectivity index is 2.02. The fourth-order valence-corrected chi connectivity index (χ4v) is 3.15. The molecule has 1 aliphatic rings. The van der Waals surface area contributed by atoms with Crippen LogP contribution in [-0.4, -0.2) is 17.3 Å². The normalized spacial score (nSPS) is 31.8. The first-order valence-electron chi connectivity index (χ1n) is 6.54. The first kappa shape index (κ1) is 13.0. The van der Waals surface area contributed by atoms with E-state index in [-0.39, 0.29) is 12.2 Å². The lowest BCUT2D eigenvalue weighted by atomic mass is 9.85. The van der Waals surface area contributed by atoms with Gasteiger partial charge in [-0.1, -0.05) is 11.6 Å². The summed E-state index contributed by atoms with van der Waals surface area (Å²) >= 11 is 5.97. The second-order valence-corrected chi connectivity index (χ2v) is 5.93. The van der Waals surface area contributed by atoms with Crippen molar-refractivity contribution in [1.82, 2.24) is 0 Å². The molecule has 19 heavy (non-hydrogen) atoms. The highest BCUT2D eigenvalue weighted by Gasteiger charge is 2.40. The van der Waals surface area contributed by atoms with E-state index in [1.165, 1.54) is 0 Å². The minimum Gasteiger partial charge on any atom is -0.458 e. The highest BCUT2D eigenvalue weighted by Crippen LogP contribution is 2.39. The van der Waals surface area contributed by atoms with Gasteiger partial charge in [-0.25, -0.2) is 0 Å². The van der Waals surface area contributed by atoms with E-state index in [1.807, 2.05) is 32.0 Å². The Morgan fingerprint density at radius 1 is 1.21 bits per heavy atom. The third-order valence-corrected chi connectivity index (χ3v) is 3.89. The van der Waals surface area contributed by atoms with Gasteiger partial charge >= 0.3 is 0 Å². The van der Waals surface area contributed by atoms with Crippen LogP contribution in [0, 0.1) is 0 Å². The molecule has 0 amide bonds. The van der Waals surface area contributed by atoms with E-state index in [0.29, 0.717) is 23.6 Å². The van der Waals surface area contributed by atoms with E-state index in [1.54, 1.807) is 6.07 Å². The van der Waals surface area contributed by atoms with Gasteiger partial charge in [0.25, 0.3) is 0 Å². The molecule has 0 saturated carbocycles. The monoisotopic (exact) mass is 280 g/mol. The molecule has 3 nitrogen and oxygen atoms in total. The van der Waals surface area contributed by atoms with E-state index in [4.69, 9.17) is 20.8 Å². The lowest BCUT2D eigenvalue weighted by Crippen LogP contribution is -2.40. The van der Waals surface area contributed by atoms with Crippen LogP contribution in [0.3, 0.4) is 0 Å². The van der Waals surface area contributed by atoms with Gasteiger partial charge in [0.2, 0.25) is 0 Å². The van der Waals surface area contributed by atoms with Crippen LogP contribution in [0.4, 0.5) is 0 Å². The van der Waals surface area contributed by atoms with Gasteiger partial charge in [-0.3, -0.25) is 0 Å². The molecule has 2 heterocycles. The van der Waals surface area contributed by atoms with Crippen LogP contribution in [0.1, 0.15) is 32.4 Å². The fraction of sp³-hybridized carbons (Fsp3) is 0.467. The Labute approximate surface area is 117 Å². The van der Waals surface area contributed by atoms with Crippen molar-refractivity contribution in [2.45, 2.75) is 44.5 Å². The molecule has 102 valence electrons. The summed E-state index contributed by atoms with van der Waals surface area (Å²) in [5, 5.41) is 12.4. The minimum atomic E-state index is -0.956. The average Bonchev–Trinajstić information content (AvgIpc) is 2.70. The molecule has 1 fully saturated rings.